The summed E-state index contributed by atoms with van der Waals surface area (Å²) >= 11 is 5.69. The summed E-state index contributed by atoms with van der Waals surface area (Å²) in [7, 11) is 1.47. The molecule has 0 bridgehead atoms. The molecule has 3 nitrogen and oxygen atoms in total. The number of benzene rings is 1. The minimum absolute atomic E-state index is 0.0220. The van der Waals surface area contributed by atoms with E-state index in [4.69, 9.17) is 27.2 Å². The molecule has 60 valence electrons. The SMILES string of the molecule is COc1cc(O)c(N)cc1Cl. The highest BCUT2D eigenvalue weighted by Gasteiger charge is 2.04. The quantitative estimate of drug-likeness (QED) is 0.502. The number of hydrogen-bond donors (Lipinski definition) is 2. The number of phenolic OH excluding ortho intramolecular Hbond substituents is 1. The van der Waals surface area contributed by atoms with E-state index >= 15 is 0 Å². The van der Waals surface area contributed by atoms with Gasteiger partial charge in [-0.15, -0.1) is 0 Å². The molecule has 0 atom stereocenters. The first-order valence-corrected chi connectivity index (χ1v) is 3.35. The third-order valence-corrected chi connectivity index (χ3v) is 1.60. The monoisotopic (exact) mass is 173 g/mol. The smallest absolute Gasteiger partial charge is 0.142 e. The van der Waals surface area contributed by atoms with E-state index in [2.05, 4.69) is 0 Å². The van der Waals surface area contributed by atoms with Gasteiger partial charge in [0.1, 0.15) is 11.5 Å². The van der Waals surface area contributed by atoms with E-state index in [1.807, 2.05) is 0 Å². The zero-order chi connectivity index (χ0) is 8.43. The molecule has 0 unspecified atom stereocenters. The minimum atomic E-state index is -0.0220. The Morgan fingerprint density at radius 2 is 2.18 bits per heavy atom. The highest BCUT2D eigenvalue weighted by molar-refractivity contribution is 6.32. The van der Waals surface area contributed by atoms with Gasteiger partial charge in [0.05, 0.1) is 17.8 Å². The lowest BCUT2D eigenvalue weighted by molar-refractivity contribution is 0.408. The number of halogens is 1. The molecular weight excluding hydrogens is 166 g/mol. The third-order valence-electron chi connectivity index (χ3n) is 1.30. The van der Waals surface area contributed by atoms with E-state index in [-0.39, 0.29) is 11.4 Å². The van der Waals surface area contributed by atoms with Crippen molar-refractivity contribution in [2.24, 2.45) is 0 Å². The molecule has 3 N–H and O–H groups in total. The van der Waals surface area contributed by atoms with Gasteiger partial charge in [-0.1, -0.05) is 11.6 Å². The largest absolute Gasteiger partial charge is 0.506 e. The van der Waals surface area contributed by atoms with Crippen LogP contribution < -0.4 is 10.5 Å². The topological polar surface area (TPSA) is 55.5 Å². The van der Waals surface area contributed by atoms with Crippen LogP contribution in [0.1, 0.15) is 0 Å². The average Bonchev–Trinajstić information content (AvgIpc) is 1.97. The van der Waals surface area contributed by atoms with Crippen LogP contribution in [0.2, 0.25) is 5.02 Å². The second kappa shape index (κ2) is 2.88. The molecule has 0 heterocycles. The van der Waals surface area contributed by atoms with Gasteiger partial charge < -0.3 is 15.6 Å². The van der Waals surface area contributed by atoms with Crippen LogP contribution in [-0.4, -0.2) is 12.2 Å². The van der Waals surface area contributed by atoms with Gasteiger partial charge in [-0.25, -0.2) is 0 Å². The van der Waals surface area contributed by atoms with Crippen molar-refractivity contribution >= 4 is 17.3 Å². The molecule has 0 aromatic heterocycles. The standard InChI is InChI=1S/C7H8ClNO2/c1-11-7-3-6(10)5(9)2-4(7)8/h2-3,10H,9H2,1H3. The van der Waals surface area contributed by atoms with Gasteiger partial charge in [0.2, 0.25) is 0 Å². The fraction of sp³-hybridized carbons (Fsp3) is 0.143. The van der Waals surface area contributed by atoms with Crippen molar-refractivity contribution in [3.63, 3.8) is 0 Å². The number of methoxy groups -OCH3 is 1. The van der Waals surface area contributed by atoms with Gasteiger partial charge in [-0.05, 0) is 6.07 Å². The molecule has 0 aliphatic rings. The predicted octanol–water partition coefficient (Wildman–Crippen LogP) is 1.64. The molecule has 0 spiro atoms. The van der Waals surface area contributed by atoms with E-state index in [0.29, 0.717) is 10.8 Å². The molecule has 4 heteroatoms. The molecule has 0 aliphatic heterocycles. The van der Waals surface area contributed by atoms with Crippen molar-refractivity contribution in [1.29, 1.82) is 0 Å². The number of phenols is 1. The van der Waals surface area contributed by atoms with E-state index in [9.17, 15) is 0 Å². The number of hydrogen-bond acceptors (Lipinski definition) is 3. The molecule has 0 radical (unpaired) electrons. The minimum Gasteiger partial charge on any atom is -0.506 e. The van der Waals surface area contributed by atoms with Crippen LogP contribution in [-0.2, 0) is 0 Å². The molecule has 0 amide bonds. The second-order valence-electron chi connectivity index (χ2n) is 2.05. The molecule has 1 aromatic rings. The van der Waals surface area contributed by atoms with Crippen molar-refractivity contribution in [3.05, 3.63) is 17.2 Å². The van der Waals surface area contributed by atoms with E-state index < -0.39 is 0 Å². The summed E-state index contributed by atoms with van der Waals surface area (Å²) in [6, 6.07) is 2.81. The van der Waals surface area contributed by atoms with Gasteiger partial charge in [-0.2, -0.15) is 0 Å². The van der Waals surface area contributed by atoms with Crippen molar-refractivity contribution in [2.45, 2.75) is 0 Å². The fourth-order valence-electron chi connectivity index (χ4n) is 0.714. The van der Waals surface area contributed by atoms with Crippen molar-refractivity contribution in [2.75, 3.05) is 12.8 Å². The van der Waals surface area contributed by atoms with Crippen LogP contribution >= 0.6 is 11.6 Å². The Morgan fingerprint density at radius 3 is 2.73 bits per heavy atom. The van der Waals surface area contributed by atoms with Crippen molar-refractivity contribution in [3.8, 4) is 11.5 Å². The summed E-state index contributed by atoms with van der Waals surface area (Å²) < 4.78 is 4.83. The molecule has 11 heavy (non-hydrogen) atoms. The number of ether oxygens (including phenoxy) is 1. The van der Waals surface area contributed by atoms with Gasteiger partial charge in [0, 0.05) is 6.07 Å². The molecule has 0 fully saturated rings. The van der Waals surface area contributed by atoms with Gasteiger partial charge in [0.15, 0.2) is 0 Å². The first kappa shape index (κ1) is 8.01. The predicted molar refractivity (Wildman–Crippen MR) is 44.1 cm³/mol. The van der Waals surface area contributed by atoms with Gasteiger partial charge in [-0.3, -0.25) is 0 Å². The second-order valence-corrected chi connectivity index (χ2v) is 2.45. The molecule has 0 aliphatic carbocycles. The van der Waals surface area contributed by atoms with Crippen molar-refractivity contribution in [1.82, 2.24) is 0 Å². The normalized spacial score (nSPS) is 9.64. The van der Waals surface area contributed by atoms with E-state index in [1.54, 1.807) is 0 Å². The summed E-state index contributed by atoms with van der Waals surface area (Å²) in [6.45, 7) is 0. The lowest BCUT2D eigenvalue weighted by Gasteiger charge is -2.04. The number of aromatic hydroxyl groups is 1. The third kappa shape index (κ3) is 1.49. The van der Waals surface area contributed by atoms with Crippen LogP contribution in [0.25, 0.3) is 0 Å². The zero-order valence-electron chi connectivity index (χ0n) is 5.97. The Morgan fingerprint density at radius 1 is 1.55 bits per heavy atom. The highest BCUT2D eigenvalue weighted by Crippen LogP contribution is 2.32. The van der Waals surface area contributed by atoms with Crippen LogP contribution in [0.5, 0.6) is 11.5 Å². The maximum absolute atomic E-state index is 9.09. The van der Waals surface area contributed by atoms with Crippen molar-refractivity contribution < 1.29 is 9.84 Å². The molecular formula is C7H8ClNO2. The first-order chi connectivity index (χ1) is 5.15. The number of rotatable bonds is 1. The Labute approximate surface area is 69.3 Å². The lowest BCUT2D eigenvalue weighted by Crippen LogP contribution is -1.88. The van der Waals surface area contributed by atoms with Gasteiger partial charge in [0.25, 0.3) is 0 Å². The number of anilines is 1. The average molecular weight is 174 g/mol. The maximum atomic E-state index is 9.09. The van der Waals surface area contributed by atoms with E-state index in [0.717, 1.165) is 0 Å². The summed E-state index contributed by atoms with van der Waals surface area (Å²) in [6.07, 6.45) is 0. The van der Waals surface area contributed by atoms with Crippen LogP contribution in [0, 0.1) is 0 Å². The summed E-state index contributed by atoms with van der Waals surface area (Å²) in [5.41, 5.74) is 5.60. The Hall–Kier alpha value is -1.09. The fourth-order valence-corrected chi connectivity index (χ4v) is 0.964. The molecule has 1 rings (SSSR count). The Balaban J connectivity index is 3.21. The van der Waals surface area contributed by atoms with E-state index in [1.165, 1.54) is 19.2 Å². The van der Waals surface area contributed by atoms with Gasteiger partial charge >= 0.3 is 0 Å². The molecule has 0 saturated heterocycles. The number of nitrogens with two attached hydrogens (primary N) is 1. The van der Waals surface area contributed by atoms with Crippen LogP contribution in [0.4, 0.5) is 5.69 Å². The molecule has 0 saturated carbocycles. The highest BCUT2D eigenvalue weighted by atomic mass is 35.5. The molecule has 1 aromatic carbocycles. The Kier molecular flexibility index (Phi) is 2.10. The number of nitrogen functional groups attached to an aromatic ring is 1. The summed E-state index contributed by atoms with van der Waals surface area (Å²) in [5.74, 6) is 0.393. The first-order valence-electron chi connectivity index (χ1n) is 2.97. The zero-order valence-corrected chi connectivity index (χ0v) is 6.72. The van der Waals surface area contributed by atoms with Crippen LogP contribution in [0.3, 0.4) is 0 Å². The lowest BCUT2D eigenvalue weighted by atomic mass is 10.3. The summed E-state index contributed by atoms with van der Waals surface area (Å²) in [4.78, 5) is 0. The van der Waals surface area contributed by atoms with Crippen LogP contribution in [0.15, 0.2) is 12.1 Å². The maximum Gasteiger partial charge on any atom is 0.142 e. The Bertz CT molecular complexity index is 275. The summed E-state index contributed by atoms with van der Waals surface area (Å²) in [5, 5.41) is 9.48.